The molecule has 0 aromatic heterocycles. The maximum absolute atomic E-state index is 11.2. The Labute approximate surface area is 112 Å². The van der Waals surface area contributed by atoms with Gasteiger partial charge in [-0.05, 0) is 37.5 Å². The summed E-state index contributed by atoms with van der Waals surface area (Å²) in [6.07, 6.45) is 1.22. The van der Waals surface area contributed by atoms with Crippen molar-refractivity contribution in [2.75, 3.05) is 13.2 Å². The molecule has 0 fully saturated rings. The fraction of sp³-hybridized carbons (Fsp3) is 0.429. The first-order chi connectivity index (χ1) is 9.11. The molecule has 1 atom stereocenters. The normalized spacial score (nSPS) is 11.4. The Kier molecular flexibility index (Phi) is 6.41. The monoisotopic (exact) mass is 262 g/mol. The van der Waals surface area contributed by atoms with Gasteiger partial charge in [0.1, 0.15) is 12.3 Å². The van der Waals surface area contributed by atoms with E-state index in [-0.39, 0.29) is 25.2 Å². The van der Waals surface area contributed by atoms with E-state index >= 15 is 0 Å². The van der Waals surface area contributed by atoms with Crippen LogP contribution >= 0.6 is 0 Å². The van der Waals surface area contributed by atoms with Crippen LogP contribution in [-0.4, -0.2) is 30.3 Å². The fourth-order valence-corrected chi connectivity index (χ4v) is 1.47. The highest BCUT2D eigenvalue weighted by Gasteiger charge is 2.02. The van der Waals surface area contributed by atoms with Crippen molar-refractivity contribution >= 4 is 5.91 Å². The summed E-state index contributed by atoms with van der Waals surface area (Å²) >= 11 is 0. The van der Waals surface area contributed by atoms with E-state index in [0.717, 1.165) is 18.4 Å². The maximum atomic E-state index is 11.2. The quantitative estimate of drug-likeness (QED) is 0.719. The zero-order valence-corrected chi connectivity index (χ0v) is 10.9. The van der Waals surface area contributed by atoms with Crippen molar-refractivity contribution < 1.29 is 14.6 Å². The number of benzene rings is 1. The molecule has 102 valence electrons. The van der Waals surface area contributed by atoms with Crippen LogP contribution in [0.3, 0.4) is 0 Å². The minimum atomic E-state index is -0.320. The van der Waals surface area contributed by atoms with E-state index in [2.05, 4.69) is 5.32 Å². The first-order valence-electron chi connectivity index (χ1n) is 6.15. The molecule has 0 radical (unpaired) electrons. The van der Waals surface area contributed by atoms with Crippen LogP contribution in [0.1, 0.15) is 18.9 Å². The number of ether oxygens (including phenoxy) is 1. The molecule has 19 heavy (non-hydrogen) atoms. The summed E-state index contributed by atoms with van der Waals surface area (Å²) < 4.78 is 5.27. The summed E-state index contributed by atoms with van der Waals surface area (Å²) in [6.45, 7) is 1.65. The Morgan fingerprint density at radius 1 is 1.47 bits per heavy atom. The van der Waals surface area contributed by atoms with Crippen molar-refractivity contribution in [3.05, 3.63) is 29.8 Å². The molecule has 1 aromatic carbocycles. The number of aryl methyl sites for hydroxylation is 1. The van der Waals surface area contributed by atoms with Gasteiger partial charge in [-0.1, -0.05) is 12.1 Å². The van der Waals surface area contributed by atoms with E-state index in [1.54, 1.807) is 19.1 Å². The Bertz CT molecular complexity index is 435. The molecule has 5 nitrogen and oxygen atoms in total. The van der Waals surface area contributed by atoms with Crippen molar-refractivity contribution in [1.29, 1.82) is 5.26 Å². The Morgan fingerprint density at radius 2 is 2.16 bits per heavy atom. The number of nitriles is 1. The van der Waals surface area contributed by atoms with E-state index in [0.29, 0.717) is 5.75 Å². The summed E-state index contributed by atoms with van der Waals surface area (Å²) in [5.41, 5.74) is 1.11. The Hall–Kier alpha value is -2.06. The number of nitrogens with one attached hydrogen (secondary N) is 1. The van der Waals surface area contributed by atoms with E-state index < -0.39 is 0 Å². The van der Waals surface area contributed by atoms with Gasteiger partial charge < -0.3 is 15.2 Å². The number of carbonyl (C=O) groups excluding carboxylic acids is 1. The molecule has 1 amide bonds. The van der Waals surface area contributed by atoms with Crippen LogP contribution in [0.2, 0.25) is 0 Å². The summed E-state index contributed by atoms with van der Waals surface area (Å²) in [6, 6.07) is 9.21. The second-order valence-corrected chi connectivity index (χ2v) is 4.26. The van der Waals surface area contributed by atoms with Gasteiger partial charge in [-0.25, -0.2) is 0 Å². The molecular weight excluding hydrogens is 244 g/mol. The summed E-state index contributed by atoms with van der Waals surface area (Å²) in [7, 11) is 0. The molecule has 0 aliphatic heterocycles. The van der Waals surface area contributed by atoms with E-state index in [1.807, 2.05) is 18.2 Å². The molecule has 0 saturated heterocycles. The summed E-state index contributed by atoms with van der Waals surface area (Å²) in [5, 5.41) is 19.9. The highest BCUT2D eigenvalue weighted by atomic mass is 16.5. The standard InChI is InChI=1S/C14H18N2O3/c1-11(17)2-3-12-4-6-13(7-5-12)19-10-14(18)16-9-8-15/h4-7,11,17H,2-3,9-10H2,1H3,(H,16,18). The lowest BCUT2D eigenvalue weighted by Gasteiger charge is -2.07. The number of rotatable bonds is 7. The lowest BCUT2D eigenvalue weighted by Crippen LogP contribution is -2.28. The molecule has 5 heteroatoms. The molecule has 0 aliphatic carbocycles. The second kappa shape index (κ2) is 8.11. The van der Waals surface area contributed by atoms with Gasteiger partial charge >= 0.3 is 0 Å². The average molecular weight is 262 g/mol. The minimum absolute atomic E-state index is 0.0134. The number of amides is 1. The van der Waals surface area contributed by atoms with E-state index in [1.165, 1.54) is 0 Å². The molecule has 0 heterocycles. The van der Waals surface area contributed by atoms with Crippen molar-refractivity contribution in [3.8, 4) is 11.8 Å². The number of nitrogens with zero attached hydrogens (tertiary/aromatic N) is 1. The third-order valence-electron chi connectivity index (χ3n) is 2.51. The highest BCUT2D eigenvalue weighted by Crippen LogP contribution is 2.13. The van der Waals surface area contributed by atoms with Crippen LogP contribution in [-0.2, 0) is 11.2 Å². The van der Waals surface area contributed by atoms with Crippen LogP contribution in [0.15, 0.2) is 24.3 Å². The van der Waals surface area contributed by atoms with E-state index in [4.69, 9.17) is 10.00 Å². The van der Waals surface area contributed by atoms with Crippen molar-refractivity contribution in [2.24, 2.45) is 0 Å². The molecule has 1 rings (SSSR count). The smallest absolute Gasteiger partial charge is 0.258 e. The average Bonchev–Trinajstić information content (AvgIpc) is 2.41. The number of hydrogen-bond donors (Lipinski definition) is 2. The molecule has 0 saturated carbocycles. The van der Waals surface area contributed by atoms with Crippen molar-refractivity contribution in [2.45, 2.75) is 25.9 Å². The van der Waals surface area contributed by atoms with Crippen LogP contribution in [0.5, 0.6) is 5.75 Å². The summed E-state index contributed by atoms with van der Waals surface area (Å²) in [5.74, 6) is 0.285. The van der Waals surface area contributed by atoms with Crippen molar-refractivity contribution in [1.82, 2.24) is 5.32 Å². The molecule has 0 aliphatic rings. The molecule has 1 unspecified atom stereocenters. The van der Waals surface area contributed by atoms with Crippen LogP contribution in [0, 0.1) is 11.3 Å². The van der Waals surface area contributed by atoms with Gasteiger partial charge in [0.25, 0.3) is 5.91 Å². The number of aliphatic hydroxyl groups excluding tert-OH is 1. The maximum Gasteiger partial charge on any atom is 0.258 e. The molecular formula is C14H18N2O3. The Morgan fingerprint density at radius 3 is 2.74 bits per heavy atom. The number of carbonyl (C=O) groups is 1. The molecule has 0 spiro atoms. The van der Waals surface area contributed by atoms with Crippen LogP contribution in [0.4, 0.5) is 0 Å². The predicted molar refractivity (Wildman–Crippen MR) is 70.6 cm³/mol. The lowest BCUT2D eigenvalue weighted by atomic mass is 10.1. The zero-order valence-electron chi connectivity index (χ0n) is 10.9. The first-order valence-corrected chi connectivity index (χ1v) is 6.15. The van der Waals surface area contributed by atoms with E-state index in [9.17, 15) is 9.90 Å². The van der Waals surface area contributed by atoms with Crippen LogP contribution < -0.4 is 10.1 Å². The second-order valence-electron chi connectivity index (χ2n) is 4.26. The number of hydrogen-bond acceptors (Lipinski definition) is 4. The van der Waals surface area contributed by atoms with Gasteiger partial charge in [0.05, 0.1) is 12.2 Å². The van der Waals surface area contributed by atoms with Gasteiger partial charge in [-0.3, -0.25) is 4.79 Å². The molecule has 1 aromatic rings. The van der Waals surface area contributed by atoms with Gasteiger partial charge in [0.15, 0.2) is 6.61 Å². The van der Waals surface area contributed by atoms with Gasteiger partial charge in [0.2, 0.25) is 0 Å². The molecule has 0 bridgehead atoms. The summed E-state index contributed by atoms with van der Waals surface area (Å²) in [4.78, 5) is 11.2. The SMILES string of the molecule is CC(O)CCc1ccc(OCC(=O)NCC#N)cc1. The fourth-order valence-electron chi connectivity index (χ4n) is 1.47. The molecule has 2 N–H and O–H groups in total. The number of aliphatic hydroxyl groups is 1. The largest absolute Gasteiger partial charge is 0.484 e. The lowest BCUT2D eigenvalue weighted by molar-refractivity contribution is -0.122. The van der Waals surface area contributed by atoms with Gasteiger partial charge in [-0.2, -0.15) is 5.26 Å². The Balaban J connectivity index is 2.36. The van der Waals surface area contributed by atoms with Crippen molar-refractivity contribution in [3.63, 3.8) is 0 Å². The van der Waals surface area contributed by atoms with Crippen LogP contribution in [0.25, 0.3) is 0 Å². The van der Waals surface area contributed by atoms with Gasteiger partial charge in [-0.15, -0.1) is 0 Å². The predicted octanol–water partition coefficient (Wildman–Crippen LogP) is 1.02. The zero-order chi connectivity index (χ0) is 14.1. The third-order valence-corrected chi connectivity index (χ3v) is 2.51. The third kappa shape index (κ3) is 6.43. The minimum Gasteiger partial charge on any atom is -0.484 e. The van der Waals surface area contributed by atoms with Gasteiger partial charge in [0, 0.05) is 0 Å². The topological polar surface area (TPSA) is 82.3 Å². The highest BCUT2D eigenvalue weighted by molar-refractivity contribution is 5.77. The first kappa shape index (κ1) is 15.0.